The third-order valence-corrected chi connectivity index (χ3v) is 4.37. The SMILES string of the molecule is CCNC1CC(c2cnn(C)c2C)Oc2ccc(Cl)cc21. The van der Waals surface area contributed by atoms with Gasteiger partial charge >= 0.3 is 0 Å². The minimum Gasteiger partial charge on any atom is -0.485 e. The average Bonchev–Trinajstić information content (AvgIpc) is 2.80. The highest BCUT2D eigenvalue weighted by atomic mass is 35.5. The molecule has 1 aliphatic heterocycles. The molecule has 1 N–H and O–H groups in total. The van der Waals surface area contributed by atoms with Crippen molar-refractivity contribution in [2.45, 2.75) is 32.4 Å². The van der Waals surface area contributed by atoms with Crippen LogP contribution in [0.25, 0.3) is 0 Å². The Balaban J connectivity index is 1.97. The summed E-state index contributed by atoms with van der Waals surface area (Å²) in [5.74, 6) is 0.907. The van der Waals surface area contributed by atoms with Gasteiger partial charge in [-0.05, 0) is 31.7 Å². The molecule has 21 heavy (non-hydrogen) atoms. The van der Waals surface area contributed by atoms with Gasteiger partial charge in [-0.1, -0.05) is 18.5 Å². The molecule has 0 radical (unpaired) electrons. The Kier molecular flexibility index (Phi) is 3.91. The number of nitrogens with one attached hydrogen (secondary N) is 1. The Bertz CT molecular complexity index is 653. The second-order valence-corrected chi connectivity index (χ2v) is 5.88. The fourth-order valence-corrected chi connectivity index (χ4v) is 3.08. The van der Waals surface area contributed by atoms with Gasteiger partial charge in [0, 0.05) is 41.4 Å². The molecule has 0 aliphatic carbocycles. The lowest BCUT2D eigenvalue weighted by Crippen LogP contribution is -2.29. The normalized spacial score (nSPS) is 21.0. The van der Waals surface area contributed by atoms with E-state index in [1.165, 1.54) is 0 Å². The van der Waals surface area contributed by atoms with E-state index in [9.17, 15) is 0 Å². The van der Waals surface area contributed by atoms with Crippen LogP contribution in [0.4, 0.5) is 0 Å². The number of aryl methyl sites for hydroxylation is 1. The first-order valence-corrected chi connectivity index (χ1v) is 7.66. The van der Waals surface area contributed by atoms with Gasteiger partial charge in [-0.25, -0.2) is 0 Å². The molecule has 0 bridgehead atoms. The minimum absolute atomic E-state index is 0.0245. The van der Waals surface area contributed by atoms with Gasteiger partial charge in [-0.3, -0.25) is 4.68 Å². The zero-order chi connectivity index (χ0) is 15.0. The van der Waals surface area contributed by atoms with Crippen LogP contribution in [-0.2, 0) is 7.05 Å². The van der Waals surface area contributed by atoms with Gasteiger partial charge in [0.05, 0.1) is 6.20 Å². The number of fused-ring (bicyclic) bond motifs is 1. The number of rotatable bonds is 3. The fourth-order valence-electron chi connectivity index (χ4n) is 2.90. The fraction of sp³-hybridized carbons (Fsp3) is 0.438. The van der Waals surface area contributed by atoms with Crippen molar-refractivity contribution in [3.05, 3.63) is 46.2 Å². The topological polar surface area (TPSA) is 39.1 Å². The number of ether oxygens (including phenoxy) is 1. The molecule has 112 valence electrons. The Labute approximate surface area is 130 Å². The largest absolute Gasteiger partial charge is 0.485 e. The second-order valence-electron chi connectivity index (χ2n) is 5.44. The van der Waals surface area contributed by atoms with Gasteiger partial charge in [-0.2, -0.15) is 5.10 Å². The average molecular weight is 306 g/mol. The van der Waals surface area contributed by atoms with Crippen molar-refractivity contribution in [2.75, 3.05) is 6.54 Å². The monoisotopic (exact) mass is 305 g/mol. The van der Waals surface area contributed by atoms with Crippen molar-refractivity contribution < 1.29 is 4.74 Å². The summed E-state index contributed by atoms with van der Waals surface area (Å²) in [5.41, 5.74) is 3.44. The number of halogens is 1. The zero-order valence-corrected chi connectivity index (χ0v) is 13.3. The van der Waals surface area contributed by atoms with Crippen molar-refractivity contribution in [1.29, 1.82) is 0 Å². The van der Waals surface area contributed by atoms with Gasteiger partial charge in [0.1, 0.15) is 11.9 Å². The van der Waals surface area contributed by atoms with E-state index in [2.05, 4.69) is 24.3 Å². The molecule has 0 saturated heterocycles. The van der Waals surface area contributed by atoms with E-state index >= 15 is 0 Å². The maximum atomic E-state index is 6.19. The summed E-state index contributed by atoms with van der Waals surface area (Å²) < 4.78 is 8.08. The molecule has 2 atom stereocenters. The third-order valence-electron chi connectivity index (χ3n) is 4.14. The van der Waals surface area contributed by atoms with Crippen LogP contribution < -0.4 is 10.1 Å². The summed E-state index contributed by atoms with van der Waals surface area (Å²) in [5, 5.41) is 8.60. The highest BCUT2D eigenvalue weighted by Crippen LogP contribution is 2.42. The molecule has 0 amide bonds. The molecule has 2 heterocycles. The summed E-state index contributed by atoms with van der Waals surface area (Å²) in [6.45, 7) is 5.10. The smallest absolute Gasteiger partial charge is 0.129 e. The molecule has 2 aromatic rings. The summed E-state index contributed by atoms with van der Waals surface area (Å²) in [6, 6.07) is 6.08. The number of aromatic nitrogens is 2. The van der Waals surface area contributed by atoms with Crippen LogP contribution in [0.3, 0.4) is 0 Å². The highest BCUT2D eigenvalue weighted by Gasteiger charge is 2.30. The number of nitrogens with zero attached hydrogens (tertiary/aromatic N) is 2. The van der Waals surface area contributed by atoms with Crippen LogP contribution in [0.15, 0.2) is 24.4 Å². The maximum Gasteiger partial charge on any atom is 0.129 e. The molecule has 3 rings (SSSR count). The van der Waals surface area contributed by atoms with Crippen molar-refractivity contribution >= 4 is 11.6 Å². The first-order chi connectivity index (χ1) is 10.1. The highest BCUT2D eigenvalue weighted by molar-refractivity contribution is 6.30. The molecule has 2 unspecified atom stereocenters. The van der Waals surface area contributed by atoms with E-state index in [0.29, 0.717) is 0 Å². The Morgan fingerprint density at radius 1 is 1.43 bits per heavy atom. The van der Waals surface area contributed by atoms with Gasteiger partial charge in [0.2, 0.25) is 0 Å². The van der Waals surface area contributed by atoms with Crippen LogP contribution in [0.2, 0.25) is 5.02 Å². The van der Waals surface area contributed by atoms with Gasteiger partial charge in [-0.15, -0.1) is 0 Å². The Hall–Kier alpha value is -1.52. The third kappa shape index (κ3) is 2.65. The van der Waals surface area contributed by atoms with E-state index < -0.39 is 0 Å². The molecular weight excluding hydrogens is 286 g/mol. The number of hydrogen-bond donors (Lipinski definition) is 1. The lowest BCUT2D eigenvalue weighted by molar-refractivity contribution is 0.151. The summed E-state index contributed by atoms with van der Waals surface area (Å²) in [7, 11) is 1.96. The van der Waals surface area contributed by atoms with E-state index in [1.807, 2.05) is 36.1 Å². The molecule has 0 spiro atoms. The number of benzene rings is 1. The second kappa shape index (κ2) is 5.70. The Morgan fingerprint density at radius 3 is 2.90 bits per heavy atom. The minimum atomic E-state index is 0.0245. The van der Waals surface area contributed by atoms with Crippen LogP contribution in [-0.4, -0.2) is 16.3 Å². The quantitative estimate of drug-likeness (QED) is 0.942. The summed E-state index contributed by atoms with van der Waals surface area (Å²) >= 11 is 6.13. The van der Waals surface area contributed by atoms with Crippen LogP contribution in [0.1, 0.15) is 42.3 Å². The summed E-state index contributed by atoms with van der Waals surface area (Å²) in [6.07, 6.45) is 2.81. The van der Waals surface area contributed by atoms with E-state index in [4.69, 9.17) is 16.3 Å². The predicted molar refractivity (Wildman–Crippen MR) is 83.8 cm³/mol. The molecular formula is C16H20ClN3O. The Morgan fingerprint density at radius 2 is 2.24 bits per heavy atom. The molecule has 0 saturated carbocycles. The van der Waals surface area contributed by atoms with Gasteiger partial charge < -0.3 is 10.1 Å². The standard InChI is InChI=1S/C16H20ClN3O/c1-4-18-14-8-16(13-9-19-20(3)10(13)2)21-15-6-5-11(17)7-12(14)15/h5-7,9,14,16,18H,4,8H2,1-3H3. The maximum absolute atomic E-state index is 6.19. The van der Waals surface area contributed by atoms with Crippen molar-refractivity contribution in [3.8, 4) is 5.75 Å². The van der Waals surface area contributed by atoms with E-state index in [1.54, 1.807) is 0 Å². The first kappa shape index (κ1) is 14.4. The molecule has 0 fully saturated rings. The predicted octanol–water partition coefficient (Wildman–Crippen LogP) is 3.56. The van der Waals surface area contributed by atoms with Crippen molar-refractivity contribution in [3.63, 3.8) is 0 Å². The van der Waals surface area contributed by atoms with Crippen LogP contribution >= 0.6 is 11.6 Å². The molecule has 1 aliphatic rings. The molecule has 4 nitrogen and oxygen atoms in total. The van der Waals surface area contributed by atoms with Gasteiger partial charge in [0.15, 0.2) is 0 Å². The first-order valence-electron chi connectivity index (χ1n) is 7.28. The van der Waals surface area contributed by atoms with E-state index in [-0.39, 0.29) is 12.1 Å². The molecule has 1 aromatic heterocycles. The van der Waals surface area contributed by atoms with Crippen molar-refractivity contribution in [1.82, 2.24) is 15.1 Å². The lowest BCUT2D eigenvalue weighted by atomic mass is 9.93. The van der Waals surface area contributed by atoms with Gasteiger partial charge in [0.25, 0.3) is 0 Å². The molecule has 1 aromatic carbocycles. The van der Waals surface area contributed by atoms with Crippen LogP contribution in [0.5, 0.6) is 5.75 Å². The zero-order valence-electron chi connectivity index (χ0n) is 12.6. The van der Waals surface area contributed by atoms with E-state index in [0.717, 1.165) is 40.6 Å². The number of hydrogen-bond acceptors (Lipinski definition) is 3. The summed E-state index contributed by atoms with van der Waals surface area (Å²) in [4.78, 5) is 0. The van der Waals surface area contributed by atoms with Crippen LogP contribution in [0, 0.1) is 6.92 Å². The molecule has 5 heteroatoms. The lowest BCUT2D eigenvalue weighted by Gasteiger charge is -2.32. The van der Waals surface area contributed by atoms with Crippen molar-refractivity contribution in [2.24, 2.45) is 7.05 Å².